The van der Waals surface area contributed by atoms with E-state index in [9.17, 15) is 9.50 Å². The van der Waals surface area contributed by atoms with Crippen molar-refractivity contribution in [3.8, 4) is 5.75 Å². The average Bonchev–Trinajstić information content (AvgIpc) is 2.16. The highest BCUT2D eigenvalue weighted by Gasteiger charge is 2.08. The van der Waals surface area contributed by atoms with Crippen molar-refractivity contribution in [2.45, 2.75) is 26.9 Å². The summed E-state index contributed by atoms with van der Waals surface area (Å²) < 4.78 is 18.8. The Kier molecular flexibility index (Phi) is 4.50. The maximum Gasteiger partial charge on any atom is 0.132 e. The van der Waals surface area contributed by atoms with E-state index in [4.69, 9.17) is 4.74 Å². The Balaban J connectivity index is 2.70. The van der Waals surface area contributed by atoms with Crippen LogP contribution in [0, 0.1) is 5.82 Å². The first-order chi connectivity index (χ1) is 7.50. The fourth-order valence-corrected chi connectivity index (χ4v) is 1.24. The van der Waals surface area contributed by atoms with E-state index < -0.39 is 11.9 Å². The van der Waals surface area contributed by atoms with Gasteiger partial charge in [0.05, 0.1) is 6.10 Å². The Hall–Kier alpha value is -1.35. The molecule has 0 aliphatic heterocycles. The summed E-state index contributed by atoms with van der Waals surface area (Å²) in [5.74, 6) is 0.0316. The topological polar surface area (TPSA) is 29.5 Å². The molecule has 0 spiro atoms. The third-order valence-corrected chi connectivity index (χ3v) is 2.16. The lowest BCUT2D eigenvalue weighted by Gasteiger charge is -2.08. The van der Waals surface area contributed by atoms with E-state index in [1.54, 1.807) is 6.07 Å². The zero-order valence-electron chi connectivity index (χ0n) is 9.83. The van der Waals surface area contributed by atoms with E-state index in [0.29, 0.717) is 12.4 Å². The zero-order valence-corrected chi connectivity index (χ0v) is 9.83. The quantitative estimate of drug-likeness (QED) is 0.796. The van der Waals surface area contributed by atoms with Crippen LogP contribution >= 0.6 is 0 Å². The highest BCUT2D eigenvalue weighted by molar-refractivity contribution is 5.30. The van der Waals surface area contributed by atoms with Gasteiger partial charge >= 0.3 is 0 Å². The second-order valence-electron chi connectivity index (χ2n) is 3.95. The number of rotatable bonds is 4. The SMILES string of the molecule is CC(C)=CCOc1ccc([C@H](C)O)c(F)c1. The molecule has 3 heteroatoms. The number of allylic oxidation sites excluding steroid dienone is 1. The van der Waals surface area contributed by atoms with E-state index in [-0.39, 0.29) is 5.56 Å². The van der Waals surface area contributed by atoms with Crippen LogP contribution in [0.25, 0.3) is 0 Å². The molecule has 88 valence electrons. The summed E-state index contributed by atoms with van der Waals surface area (Å²) in [4.78, 5) is 0. The Labute approximate surface area is 95.4 Å². The summed E-state index contributed by atoms with van der Waals surface area (Å²) in [6.07, 6.45) is 1.12. The highest BCUT2D eigenvalue weighted by atomic mass is 19.1. The molecule has 0 aromatic heterocycles. The normalized spacial score (nSPS) is 12.1. The van der Waals surface area contributed by atoms with Crippen LogP contribution in [0.2, 0.25) is 0 Å². The van der Waals surface area contributed by atoms with Gasteiger partial charge in [-0.25, -0.2) is 4.39 Å². The molecule has 0 amide bonds. The van der Waals surface area contributed by atoms with Crippen LogP contribution < -0.4 is 4.74 Å². The lowest BCUT2D eigenvalue weighted by molar-refractivity contribution is 0.194. The minimum absolute atomic E-state index is 0.287. The van der Waals surface area contributed by atoms with Crippen LogP contribution in [0.15, 0.2) is 29.8 Å². The number of ether oxygens (including phenoxy) is 1. The van der Waals surface area contributed by atoms with Gasteiger partial charge in [-0.2, -0.15) is 0 Å². The van der Waals surface area contributed by atoms with Gasteiger partial charge in [-0.1, -0.05) is 5.57 Å². The van der Waals surface area contributed by atoms with Crippen molar-refractivity contribution in [3.63, 3.8) is 0 Å². The second-order valence-corrected chi connectivity index (χ2v) is 3.95. The first-order valence-electron chi connectivity index (χ1n) is 5.24. The summed E-state index contributed by atoms with van der Waals surface area (Å²) >= 11 is 0. The van der Waals surface area contributed by atoms with Crippen molar-refractivity contribution in [2.24, 2.45) is 0 Å². The maximum absolute atomic E-state index is 13.4. The zero-order chi connectivity index (χ0) is 12.1. The van der Waals surface area contributed by atoms with Gasteiger partial charge in [0.25, 0.3) is 0 Å². The fourth-order valence-electron chi connectivity index (χ4n) is 1.24. The van der Waals surface area contributed by atoms with E-state index in [2.05, 4.69) is 0 Å². The number of hydrogen-bond donors (Lipinski definition) is 1. The molecule has 0 saturated carbocycles. The first-order valence-corrected chi connectivity index (χ1v) is 5.24. The molecule has 0 unspecified atom stereocenters. The molecule has 0 radical (unpaired) electrons. The third-order valence-electron chi connectivity index (χ3n) is 2.16. The van der Waals surface area contributed by atoms with Crippen LogP contribution in [0.1, 0.15) is 32.4 Å². The average molecular weight is 224 g/mol. The molecule has 0 aliphatic rings. The largest absolute Gasteiger partial charge is 0.489 e. The minimum Gasteiger partial charge on any atom is -0.489 e. The van der Waals surface area contributed by atoms with Gasteiger partial charge in [-0.15, -0.1) is 0 Å². The van der Waals surface area contributed by atoms with Gasteiger partial charge in [0.2, 0.25) is 0 Å². The number of aliphatic hydroxyl groups is 1. The smallest absolute Gasteiger partial charge is 0.132 e. The first kappa shape index (κ1) is 12.7. The number of benzene rings is 1. The molecule has 0 fully saturated rings. The molecular formula is C13H17FO2. The van der Waals surface area contributed by atoms with Crippen LogP contribution in [0.3, 0.4) is 0 Å². The molecule has 0 bridgehead atoms. The van der Waals surface area contributed by atoms with E-state index in [1.165, 1.54) is 19.1 Å². The third kappa shape index (κ3) is 3.66. The Morgan fingerprint density at radius 1 is 1.50 bits per heavy atom. The summed E-state index contributed by atoms with van der Waals surface area (Å²) in [5, 5.41) is 9.25. The fraction of sp³-hybridized carbons (Fsp3) is 0.385. The Morgan fingerprint density at radius 2 is 2.19 bits per heavy atom. The van der Waals surface area contributed by atoms with Crippen LogP contribution in [0.5, 0.6) is 5.75 Å². The molecule has 0 aliphatic carbocycles. The molecule has 1 atom stereocenters. The summed E-state index contributed by atoms with van der Waals surface area (Å²) in [6.45, 7) is 5.90. The van der Waals surface area contributed by atoms with E-state index in [0.717, 1.165) is 5.57 Å². The van der Waals surface area contributed by atoms with Crippen molar-refractivity contribution >= 4 is 0 Å². The van der Waals surface area contributed by atoms with Crippen molar-refractivity contribution in [3.05, 3.63) is 41.2 Å². The van der Waals surface area contributed by atoms with Gasteiger partial charge in [0, 0.05) is 11.6 Å². The van der Waals surface area contributed by atoms with Gasteiger partial charge in [0.15, 0.2) is 0 Å². The molecule has 1 aromatic carbocycles. The lowest BCUT2D eigenvalue weighted by atomic mass is 10.1. The van der Waals surface area contributed by atoms with Crippen LogP contribution in [0.4, 0.5) is 4.39 Å². The van der Waals surface area contributed by atoms with Crippen molar-refractivity contribution in [1.82, 2.24) is 0 Å². The predicted octanol–water partition coefficient (Wildman–Crippen LogP) is 3.22. The van der Waals surface area contributed by atoms with E-state index in [1.807, 2.05) is 19.9 Å². The maximum atomic E-state index is 13.4. The number of halogens is 1. The number of hydrogen-bond acceptors (Lipinski definition) is 2. The minimum atomic E-state index is -0.799. The van der Waals surface area contributed by atoms with Crippen molar-refractivity contribution in [2.75, 3.05) is 6.61 Å². The molecule has 16 heavy (non-hydrogen) atoms. The molecule has 1 rings (SSSR count). The van der Waals surface area contributed by atoms with Gasteiger partial charge < -0.3 is 9.84 Å². The monoisotopic (exact) mass is 224 g/mol. The standard InChI is InChI=1S/C13H17FO2/c1-9(2)6-7-16-11-4-5-12(10(3)15)13(14)8-11/h4-6,8,10,15H,7H2,1-3H3/t10-/m0/s1. The predicted molar refractivity (Wildman–Crippen MR) is 62.0 cm³/mol. The molecule has 1 N–H and O–H groups in total. The number of aliphatic hydroxyl groups excluding tert-OH is 1. The molecular weight excluding hydrogens is 207 g/mol. The lowest BCUT2D eigenvalue weighted by Crippen LogP contribution is -1.99. The molecule has 2 nitrogen and oxygen atoms in total. The van der Waals surface area contributed by atoms with Gasteiger partial charge in [0.1, 0.15) is 18.2 Å². The molecule has 0 heterocycles. The summed E-state index contributed by atoms with van der Waals surface area (Å²) in [7, 11) is 0. The van der Waals surface area contributed by atoms with Crippen molar-refractivity contribution in [1.29, 1.82) is 0 Å². The molecule has 0 saturated heterocycles. The molecule has 1 aromatic rings. The van der Waals surface area contributed by atoms with E-state index >= 15 is 0 Å². The van der Waals surface area contributed by atoms with Crippen LogP contribution in [-0.2, 0) is 0 Å². The second kappa shape index (κ2) is 5.66. The van der Waals surface area contributed by atoms with Gasteiger partial charge in [-0.3, -0.25) is 0 Å². The van der Waals surface area contributed by atoms with Crippen molar-refractivity contribution < 1.29 is 14.2 Å². The Morgan fingerprint density at radius 3 is 2.69 bits per heavy atom. The van der Waals surface area contributed by atoms with Crippen LogP contribution in [-0.4, -0.2) is 11.7 Å². The highest BCUT2D eigenvalue weighted by Crippen LogP contribution is 2.21. The summed E-state index contributed by atoms with van der Waals surface area (Å²) in [5.41, 5.74) is 1.44. The Bertz CT molecular complexity index is 380. The van der Waals surface area contributed by atoms with Gasteiger partial charge in [-0.05, 0) is 39.0 Å². The summed E-state index contributed by atoms with van der Waals surface area (Å²) in [6, 6.07) is 4.49.